The van der Waals surface area contributed by atoms with Crippen LogP contribution in [0.3, 0.4) is 0 Å². The van der Waals surface area contributed by atoms with Crippen LogP contribution in [0.5, 0.6) is 11.5 Å². The number of hydrogen-bond acceptors (Lipinski definition) is 3. The predicted molar refractivity (Wildman–Crippen MR) is 294 cm³/mol. The van der Waals surface area contributed by atoms with Crippen LogP contribution in [0, 0.1) is 6.57 Å². The summed E-state index contributed by atoms with van der Waals surface area (Å²) in [6.45, 7) is 8.00. The summed E-state index contributed by atoms with van der Waals surface area (Å²) in [6.07, 6.45) is 3.73. The number of pyridine rings is 2. The fourth-order valence-corrected chi connectivity index (χ4v) is 12.6. The molecule has 73 heavy (non-hydrogen) atoms. The van der Waals surface area contributed by atoms with Crippen molar-refractivity contribution in [2.75, 3.05) is 0 Å². The first-order valence-electron chi connectivity index (χ1n) is 24.6. The van der Waals surface area contributed by atoms with Gasteiger partial charge in [0.05, 0.1) is 56.5 Å². The van der Waals surface area contributed by atoms with Crippen LogP contribution in [0.15, 0.2) is 231 Å². The van der Waals surface area contributed by atoms with E-state index in [4.69, 9.17) is 21.3 Å². The molecule has 0 atom stereocenters. The lowest BCUT2D eigenvalue weighted by Gasteiger charge is -2.39. The minimum absolute atomic E-state index is 0.603. The van der Waals surface area contributed by atoms with Gasteiger partial charge >= 0.3 is 0 Å². The van der Waals surface area contributed by atoms with Crippen LogP contribution in [0.4, 0.5) is 5.69 Å². The molecule has 14 aromatic rings. The second-order valence-corrected chi connectivity index (χ2v) is 19.2. The maximum atomic E-state index is 8.00. The highest BCUT2D eigenvalue weighted by atomic mass is 16.5. The van der Waals surface area contributed by atoms with Crippen LogP contribution in [-0.4, -0.2) is 23.7 Å². The first kappa shape index (κ1) is 39.8. The molecule has 0 unspecified atom stereocenters. The Bertz CT molecular complexity index is 4590. The van der Waals surface area contributed by atoms with E-state index in [0.29, 0.717) is 5.69 Å². The van der Waals surface area contributed by atoms with E-state index in [0.717, 1.165) is 106 Å². The molecule has 0 N–H and O–H groups in total. The van der Waals surface area contributed by atoms with Crippen molar-refractivity contribution in [1.82, 2.24) is 23.7 Å². The summed E-state index contributed by atoms with van der Waals surface area (Å²) in [7, 11) is 0. The van der Waals surface area contributed by atoms with E-state index in [9.17, 15) is 0 Å². The molecular formula is C66H38N6O. The number of ether oxygens (including phenoxy) is 1. The normalized spacial score (nSPS) is 13.1. The summed E-state index contributed by atoms with van der Waals surface area (Å²) in [5, 5.41) is 6.97. The van der Waals surface area contributed by atoms with E-state index in [-0.39, 0.29) is 0 Å². The molecule has 7 nitrogen and oxygen atoms in total. The highest BCUT2D eigenvalue weighted by molar-refractivity contribution is 6.13. The molecule has 0 saturated heterocycles. The Balaban J connectivity index is 0.865. The fourth-order valence-electron chi connectivity index (χ4n) is 12.6. The number of para-hydroxylation sites is 4. The number of hydrogen-bond donors (Lipinski definition) is 0. The molecule has 7 heteroatoms. The highest BCUT2D eigenvalue weighted by Gasteiger charge is 2.52. The third kappa shape index (κ3) is 5.36. The quantitative estimate of drug-likeness (QED) is 0.165. The van der Waals surface area contributed by atoms with E-state index < -0.39 is 5.41 Å². The molecule has 16 rings (SSSR count). The Morgan fingerprint density at radius 2 is 0.781 bits per heavy atom. The largest absolute Gasteiger partial charge is 0.457 e. The molecule has 0 fully saturated rings. The van der Waals surface area contributed by atoms with Crippen LogP contribution in [0.25, 0.3) is 110 Å². The average molecular weight is 931 g/mol. The summed E-state index contributed by atoms with van der Waals surface area (Å²) in [5.41, 5.74) is 17.8. The van der Waals surface area contributed by atoms with Gasteiger partial charge in [-0.1, -0.05) is 115 Å². The van der Waals surface area contributed by atoms with Crippen LogP contribution in [-0.2, 0) is 5.41 Å². The number of fused-ring (bicyclic) bond motifs is 18. The Morgan fingerprint density at radius 1 is 0.356 bits per heavy atom. The molecule has 9 aromatic carbocycles. The molecule has 6 heterocycles. The highest BCUT2D eigenvalue weighted by Crippen LogP contribution is 2.62. The fraction of sp³-hybridized carbons (Fsp3) is 0.0152. The van der Waals surface area contributed by atoms with Gasteiger partial charge in [0, 0.05) is 73.6 Å². The van der Waals surface area contributed by atoms with Crippen molar-refractivity contribution in [3.8, 4) is 51.1 Å². The first-order valence-corrected chi connectivity index (χ1v) is 24.6. The van der Waals surface area contributed by atoms with Gasteiger partial charge in [0.15, 0.2) is 5.69 Å². The molecule has 0 bridgehead atoms. The Hall–Kier alpha value is -10.0. The van der Waals surface area contributed by atoms with Crippen molar-refractivity contribution < 1.29 is 4.74 Å². The van der Waals surface area contributed by atoms with Crippen molar-refractivity contribution in [2.24, 2.45) is 0 Å². The smallest absolute Gasteiger partial charge is 0.188 e. The molecule has 0 amide bonds. The van der Waals surface area contributed by atoms with Crippen LogP contribution in [0.2, 0.25) is 0 Å². The number of benzene rings is 9. The second kappa shape index (κ2) is 14.8. The zero-order valence-electron chi connectivity index (χ0n) is 39.0. The number of rotatable bonds is 4. The molecule has 338 valence electrons. The SMILES string of the molecule is [C-]#[N+]c1ccc2c(c1)c1cc(-c3ccc4c(c3)Oc3cc(-n5c6ccccc6c6ccccc65)ccc3C43c4cccnc4-c4ncccc43)ccc1n2-c1ccc(-n2c3ccccc3c3ccccc32)cc1. The molecule has 1 aliphatic heterocycles. The molecule has 5 aromatic heterocycles. The standard InChI is InChI=1S/C66H38N6O/c1-67-42-24-33-61-51(38-42)50-36-40(23-32-60(50)71(61)44-27-25-43(26-28-44)70-56-18-6-2-12-46(56)47-13-3-7-19-57(47)70)41-22-30-52-62(37-41)73-63-39-45(72-58-20-8-4-14-48(58)49-15-5-9-21-59(49)72)29-31-53(63)66(52)54-16-10-34-68-64(54)65-55(66)17-11-35-69-65/h2-39H. The van der Waals surface area contributed by atoms with E-state index in [2.05, 4.69) is 213 Å². The van der Waals surface area contributed by atoms with Crippen LogP contribution in [0.1, 0.15) is 22.3 Å². The van der Waals surface area contributed by atoms with Crippen molar-refractivity contribution in [3.05, 3.63) is 264 Å². The third-order valence-electron chi connectivity index (χ3n) is 15.6. The third-order valence-corrected chi connectivity index (χ3v) is 15.6. The van der Waals surface area contributed by atoms with Gasteiger partial charge in [0.2, 0.25) is 0 Å². The van der Waals surface area contributed by atoms with Gasteiger partial charge in [-0.25, -0.2) is 4.85 Å². The van der Waals surface area contributed by atoms with Crippen LogP contribution < -0.4 is 4.74 Å². The first-order chi connectivity index (χ1) is 36.2. The van der Waals surface area contributed by atoms with Crippen molar-refractivity contribution in [1.29, 1.82) is 0 Å². The average Bonchev–Trinajstić information content (AvgIpc) is 4.21. The number of aromatic nitrogens is 5. The van der Waals surface area contributed by atoms with Crippen molar-refractivity contribution in [2.45, 2.75) is 5.41 Å². The molecule has 1 spiro atoms. The zero-order chi connectivity index (χ0) is 47.9. The van der Waals surface area contributed by atoms with E-state index in [1.54, 1.807) is 0 Å². The molecule has 0 saturated carbocycles. The molecular weight excluding hydrogens is 893 g/mol. The van der Waals surface area contributed by atoms with E-state index >= 15 is 0 Å². The predicted octanol–water partition coefficient (Wildman–Crippen LogP) is 16.5. The lowest BCUT2D eigenvalue weighted by atomic mass is 9.66. The second-order valence-electron chi connectivity index (χ2n) is 19.2. The number of nitrogens with zero attached hydrogens (tertiary/aromatic N) is 6. The van der Waals surface area contributed by atoms with Gasteiger partial charge in [-0.3, -0.25) is 9.97 Å². The van der Waals surface area contributed by atoms with E-state index in [1.807, 2.05) is 36.7 Å². The van der Waals surface area contributed by atoms with Crippen molar-refractivity contribution in [3.63, 3.8) is 0 Å². The summed E-state index contributed by atoms with van der Waals surface area (Å²) in [5.74, 6) is 1.56. The minimum atomic E-state index is -0.737. The minimum Gasteiger partial charge on any atom is -0.457 e. The lowest BCUT2D eigenvalue weighted by Crippen LogP contribution is -2.32. The maximum absolute atomic E-state index is 8.00. The van der Waals surface area contributed by atoms with Gasteiger partial charge in [0.25, 0.3) is 0 Å². The summed E-state index contributed by atoms with van der Waals surface area (Å²) in [4.78, 5) is 13.8. The summed E-state index contributed by atoms with van der Waals surface area (Å²) < 4.78 is 14.3. The topological polar surface area (TPSA) is 54.2 Å². The van der Waals surface area contributed by atoms with Gasteiger partial charge < -0.3 is 18.4 Å². The molecule has 2 aliphatic rings. The Morgan fingerprint density at radius 3 is 1.33 bits per heavy atom. The van der Waals surface area contributed by atoms with Gasteiger partial charge in [-0.15, -0.1) is 0 Å². The van der Waals surface area contributed by atoms with Gasteiger partial charge in [-0.05, 0) is 125 Å². The van der Waals surface area contributed by atoms with Gasteiger partial charge in [0.1, 0.15) is 11.5 Å². The summed E-state index contributed by atoms with van der Waals surface area (Å²) >= 11 is 0. The van der Waals surface area contributed by atoms with Gasteiger partial charge in [-0.2, -0.15) is 0 Å². The molecule has 0 radical (unpaired) electrons. The maximum Gasteiger partial charge on any atom is 0.188 e. The Kier molecular flexibility index (Phi) is 8.04. The van der Waals surface area contributed by atoms with E-state index in [1.165, 1.54) is 32.6 Å². The molecule has 1 aliphatic carbocycles. The lowest BCUT2D eigenvalue weighted by molar-refractivity contribution is 0.436. The summed E-state index contributed by atoms with van der Waals surface area (Å²) in [6, 6.07) is 77.9. The Labute approximate surface area is 418 Å². The van der Waals surface area contributed by atoms with Crippen molar-refractivity contribution >= 4 is 71.1 Å². The monoisotopic (exact) mass is 930 g/mol. The van der Waals surface area contributed by atoms with Crippen LogP contribution >= 0.6 is 0 Å². The zero-order valence-corrected chi connectivity index (χ0v) is 39.0.